The molecule has 154 valence electrons. The molecule has 1 aromatic carbocycles. The minimum absolute atomic E-state index is 0.00923. The minimum atomic E-state index is -0.361. The average molecular weight is 417 g/mol. The van der Waals surface area contributed by atoms with Crippen LogP contribution in [0.3, 0.4) is 0 Å². The Kier molecular flexibility index (Phi) is 5.72. The normalized spacial score (nSPS) is 17.3. The van der Waals surface area contributed by atoms with E-state index in [-0.39, 0.29) is 23.5 Å². The molecule has 0 unspecified atom stereocenters. The van der Waals surface area contributed by atoms with Gasteiger partial charge in [-0.25, -0.2) is 0 Å². The van der Waals surface area contributed by atoms with Gasteiger partial charge in [-0.05, 0) is 32.0 Å². The first-order valence-corrected chi connectivity index (χ1v) is 10.5. The first-order valence-electron chi connectivity index (χ1n) is 9.60. The molecule has 1 atom stereocenters. The maximum Gasteiger partial charge on any atom is 0.262 e. The maximum absolute atomic E-state index is 13.0. The van der Waals surface area contributed by atoms with E-state index >= 15 is 0 Å². The van der Waals surface area contributed by atoms with Crippen LogP contribution in [0, 0.1) is 0 Å². The summed E-state index contributed by atoms with van der Waals surface area (Å²) >= 11 is 1.38. The fraction of sp³-hybridized carbons (Fsp3) is 0.474. The van der Waals surface area contributed by atoms with Crippen LogP contribution in [0.15, 0.2) is 23.4 Å². The SMILES string of the molecule is CCn1c(S[C@@H](C)C(=O)c2ccc3c(c2)NC(=O)CO3)nnc1N1CCOCC1. The molecule has 1 aromatic heterocycles. The molecule has 0 saturated carbocycles. The van der Waals surface area contributed by atoms with Crippen LogP contribution >= 0.6 is 11.8 Å². The Hall–Kier alpha value is -2.59. The first kappa shape index (κ1) is 19.7. The van der Waals surface area contributed by atoms with Crippen molar-refractivity contribution in [3.05, 3.63) is 23.8 Å². The number of morpholine rings is 1. The average Bonchev–Trinajstić information content (AvgIpc) is 3.15. The third-order valence-electron chi connectivity index (χ3n) is 4.86. The van der Waals surface area contributed by atoms with Gasteiger partial charge < -0.3 is 19.7 Å². The second-order valence-corrected chi connectivity index (χ2v) is 8.11. The van der Waals surface area contributed by atoms with E-state index in [4.69, 9.17) is 9.47 Å². The van der Waals surface area contributed by atoms with Crippen molar-refractivity contribution in [2.24, 2.45) is 0 Å². The van der Waals surface area contributed by atoms with E-state index in [1.807, 2.05) is 18.4 Å². The molecule has 0 radical (unpaired) electrons. The van der Waals surface area contributed by atoms with E-state index in [0.717, 1.165) is 19.0 Å². The van der Waals surface area contributed by atoms with E-state index < -0.39 is 0 Å². The molecule has 9 nitrogen and oxygen atoms in total. The molecule has 0 aliphatic carbocycles. The Morgan fingerprint density at radius 3 is 2.86 bits per heavy atom. The van der Waals surface area contributed by atoms with Crippen molar-refractivity contribution in [3.63, 3.8) is 0 Å². The van der Waals surface area contributed by atoms with Crippen molar-refractivity contribution >= 4 is 35.1 Å². The van der Waals surface area contributed by atoms with Crippen molar-refractivity contribution in [1.29, 1.82) is 0 Å². The lowest BCUT2D eigenvalue weighted by Gasteiger charge is -2.27. The van der Waals surface area contributed by atoms with E-state index in [0.29, 0.717) is 41.9 Å². The topological polar surface area (TPSA) is 98.6 Å². The molecule has 1 fully saturated rings. The van der Waals surface area contributed by atoms with Gasteiger partial charge in [0.25, 0.3) is 5.91 Å². The van der Waals surface area contributed by atoms with Gasteiger partial charge >= 0.3 is 0 Å². The Bertz CT molecular complexity index is 925. The Labute approximate surface area is 172 Å². The summed E-state index contributed by atoms with van der Waals surface area (Å²) in [6, 6.07) is 5.10. The molecule has 2 aliphatic heterocycles. The Balaban J connectivity index is 1.50. The molecule has 4 rings (SSSR count). The summed E-state index contributed by atoms with van der Waals surface area (Å²) < 4.78 is 12.8. The highest BCUT2D eigenvalue weighted by Gasteiger charge is 2.25. The quantitative estimate of drug-likeness (QED) is 0.561. The van der Waals surface area contributed by atoms with Gasteiger partial charge in [-0.3, -0.25) is 14.2 Å². The molecule has 0 spiro atoms. The van der Waals surface area contributed by atoms with Crippen molar-refractivity contribution in [3.8, 4) is 5.75 Å². The lowest BCUT2D eigenvalue weighted by Crippen LogP contribution is -2.38. The molecular weight excluding hydrogens is 394 g/mol. The lowest BCUT2D eigenvalue weighted by molar-refractivity contribution is -0.118. The number of anilines is 2. The molecule has 1 saturated heterocycles. The van der Waals surface area contributed by atoms with Crippen LogP contribution in [-0.4, -0.2) is 64.6 Å². The lowest BCUT2D eigenvalue weighted by atomic mass is 10.1. The number of hydrogen-bond acceptors (Lipinski definition) is 8. The van der Waals surface area contributed by atoms with Gasteiger partial charge in [0.15, 0.2) is 17.5 Å². The number of amides is 1. The molecule has 2 aliphatic rings. The molecule has 3 heterocycles. The highest BCUT2D eigenvalue weighted by molar-refractivity contribution is 8.00. The maximum atomic E-state index is 13.0. The Morgan fingerprint density at radius 2 is 2.10 bits per heavy atom. The van der Waals surface area contributed by atoms with Crippen molar-refractivity contribution in [2.75, 3.05) is 43.1 Å². The highest BCUT2D eigenvalue weighted by atomic mass is 32.2. The van der Waals surface area contributed by atoms with Crippen LogP contribution in [0.25, 0.3) is 0 Å². The number of nitrogens with one attached hydrogen (secondary N) is 1. The fourth-order valence-electron chi connectivity index (χ4n) is 3.32. The zero-order valence-corrected chi connectivity index (χ0v) is 17.2. The highest BCUT2D eigenvalue weighted by Crippen LogP contribution is 2.32. The van der Waals surface area contributed by atoms with Crippen LogP contribution < -0.4 is 15.0 Å². The van der Waals surface area contributed by atoms with E-state index in [1.54, 1.807) is 18.2 Å². The Morgan fingerprint density at radius 1 is 1.31 bits per heavy atom. The number of nitrogens with zero attached hydrogens (tertiary/aromatic N) is 4. The van der Waals surface area contributed by atoms with Crippen LogP contribution in [0.2, 0.25) is 0 Å². The van der Waals surface area contributed by atoms with Crippen LogP contribution in [0.4, 0.5) is 11.6 Å². The summed E-state index contributed by atoms with van der Waals surface area (Å²) in [5.74, 6) is 1.11. The second-order valence-electron chi connectivity index (χ2n) is 6.80. The summed E-state index contributed by atoms with van der Waals surface area (Å²) in [4.78, 5) is 26.7. The number of ether oxygens (including phenoxy) is 2. The number of aromatic nitrogens is 3. The van der Waals surface area contributed by atoms with E-state index in [2.05, 4.69) is 20.4 Å². The zero-order valence-electron chi connectivity index (χ0n) is 16.4. The van der Waals surface area contributed by atoms with Crippen molar-refractivity contribution in [2.45, 2.75) is 30.8 Å². The smallest absolute Gasteiger partial charge is 0.262 e. The molecule has 1 amide bonds. The number of carbonyl (C=O) groups excluding carboxylic acids is 2. The summed E-state index contributed by atoms with van der Waals surface area (Å²) in [6.07, 6.45) is 0. The number of rotatable bonds is 6. The number of thioether (sulfide) groups is 1. The van der Waals surface area contributed by atoms with E-state index in [9.17, 15) is 9.59 Å². The van der Waals surface area contributed by atoms with Gasteiger partial charge in [0.05, 0.1) is 24.2 Å². The molecule has 10 heteroatoms. The first-order chi connectivity index (χ1) is 14.1. The largest absolute Gasteiger partial charge is 0.482 e. The predicted octanol–water partition coefficient (Wildman–Crippen LogP) is 1.83. The molecule has 29 heavy (non-hydrogen) atoms. The minimum Gasteiger partial charge on any atom is -0.482 e. The van der Waals surface area contributed by atoms with Gasteiger partial charge in [0, 0.05) is 25.2 Å². The van der Waals surface area contributed by atoms with Gasteiger partial charge in [-0.2, -0.15) is 0 Å². The standard InChI is InChI=1S/C19H23N5O4S/c1-3-24-18(23-6-8-27-9-7-23)21-22-19(24)29-12(2)17(26)13-4-5-15-14(10-13)20-16(25)11-28-15/h4-5,10,12H,3,6-9,11H2,1-2H3,(H,20,25)/t12-/m0/s1. The van der Waals surface area contributed by atoms with Crippen molar-refractivity contribution < 1.29 is 19.1 Å². The summed E-state index contributed by atoms with van der Waals surface area (Å²) in [5.41, 5.74) is 1.04. The van der Waals surface area contributed by atoms with Gasteiger partial charge in [-0.15, -0.1) is 10.2 Å². The summed E-state index contributed by atoms with van der Waals surface area (Å²) in [7, 11) is 0. The predicted molar refractivity (Wildman–Crippen MR) is 109 cm³/mol. The zero-order chi connectivity index (χ0) is 20.4. The van der Waals surface area contributed by atoms with Crippen molar-refractivity contribution in [1.82, 2.24) is 14.8 Å². The third kappa shape index (κ3) is 4.08. The summed E-state index contributed by atoms with van der Waals surface area (Å²) in [5, 5.41) is 11.8. The second kappa shape index (κ2) is 8.42. The number of carbonyl (C=O) groups is 2. The number of benzene rings is 1. The number of hydrogen-bond donors (Lipinski definition) is 1. The molecular formula is C19H23N5O4S. The fourth-order valence-corrected chi connectivity index (χ4v) is 4.31. The molecule has 0 bridgehead atoms. The van der Waals surface area contributed by atoms with Gasteiger partial charge in [0.1, 0.15) is 5.75 Å². The third-order valence-corrected chi connectivity index (χ3v) is 5.94. The van der Waals surface area contributed by atoms with Gasteiger partial charge in [-0.1, -0.05) is 11.8 Å². The number of fused-ring (bicyclic) bond motifs is 1. The number of ketones is 1. The summed E-state index contributed by atoms with van der Waals surface area (Å²) in [6.45, 7) is 7.50. The van der Waals surface area contributed by atoms with Crippen LogP contribution in [0.5, 0.6) is 5.75 Å². The monoisotopic (exact) mass is 417 g/mol. The number of Topliss-reactive ketones (excluding diaryl/α,β-unsaturated/α-hetero) is 1. The molecule has 2 aromatic rings. The molecule has 1 N–H and O–H groups in total. The van der Waals surface area contributed by atoms with Gasteiger partial charge in [0.2, 0.25) is 5.95 Å². The van der Waals surface area contributed by atoms with E-state index in [1.165, 1.54) is 11.8 Å². The van der Waals surface area contributed by atoms with Crippen LogP contribution in [-0.2, 0) is 16.1 Å². The van der Waals surface area contributed by atoms with Crippen LogP contribution in [0.1, 0.15) is 24.2 Å².